The van der Waals surface area contributed by atoms with Crippen molar-refractivity contribution in [2.24, 2.45) is 22.2 Å². The average molecular weight is 339 g/mol. The summed E-state index contributed by atoms with van der Waals surface area (Å²) in [6.07, 6.45) is 4.81. The third-order valence-corrected chi connectivity index (χ3v) is 5.73. The van der Waals surface area contributed by atoms with E-state index in [1.807, 2.05) is 43.3 Å². The second-order valence-corrected chi connectivity index (χ2v) is 6.64. The summed E-state index contributed by atoms with van der Waals surface area (Å²) in [7, 11) is 0. The van der Waals surface area contributed by atoms with Gasteiger partial charge in [0, 0.05) is 5.92 Å². The molecule has 1 heterocycles. The molecule has 0 spiro atoms. The highest BCUT2D eigenvalue weighted by Gasteiger charge is 2.84. The summed E-state index contributed by atoms with van der Waals surface area (Å²) >= 11 is 0. The molecular weight excluding hydrogens is 318 g/mol. The Balaban J connectivity index is 1.96. The van der Waals surface area contributed by atoms with Gasteiger partial charge in [0.15, 0.2) is 5.41 Å². The lowest BCUT2D eigenvalue weighted by Gasteiger charge is -2.59. The Labute approximate surface area is 146 Å². The minimum absolute atomic E-state index is 0.00112. The van der Waals surface area contributed by atoms with Crippen LogP contribution in [0.1, 0.15) is 25.8 Å². The first-order chi connectivity index (χ1) is 12.1. The van der Waals surface area contributed by atoms with Crippen molar-refractivity contribution in [1.82, 2.24) is 0 Å². The Hall–Kier alpha value is -2.43. The topological polar surface area (TPSA) is 65.0 Å². The largest absolute Gasteiger partial charge is 0.476 e. The molecule has 0 saturated heterocycles. The SMILES string of the molecule is CCOC(=O)[C@@]12C(=O)C(OCC)=N[C@]1(c1ccccc1)[C@@H]1C=CC[C@@H]12. The molecule has 1 aromatic rings. The highest BCUT2D eigenvalue weighted by molar-refractivity contribution is 6.45. The minimum Gasteiger partial charge on any atom is -0.476 e. The van der Waals surface area contributed by atoms with Crippen LogP contribution < -0.4 is 0 Å². The number of benzene rings is 1. The van der Waals surface area contributed by atoms with Crippen LogP contribution in [-0.2, 0) is 24.6 Å². The van der Waals surface area contributed by atoms with Gasteiger partial charge in [0.05, 0.1) is 13.2 Å². The van der Waals surface area contributed by atoms with E-state index >= 15 is 0 Å². The molecule has 2 aliphatic carbocycles. The zero-order chi connectivity index (χ0) is 17.7. The molecule has 0 aromatic heterocycles. The minimum atomic E-state index is -1.32. The number of aliphatic imine (C=N–C) groups is 1. The highest BCUT2D eigenvalue weighted by Crippen LogP contribution is 2.72. The first-order valence-electron chi connectivity index (χ1n) is 8.81. The molecule has 0 bridgehead atoms. The maximum absolute atomic E-state index is 13.3. The monoisotopic (exact) mass is 339 g/mol. The number of esters is 1. The lowest BCUT2D eigenvalue weighted by molar-refractivity contribution is -0.189. The van der Waals surface area contributed by atoms with Crippen LogP contribution in [-0.4, -0.2) is 30.9 Å². The van der Waals surface area contributed by atoms with Crippen molar-refractivity contribution in [3.8, 4) is 0 Å². The second kappa shape index (κ2) is 5.55. The molecule has 0 N–H and O–H groups in total. The van der Waals surface area contributed by atoms with E-state index in [2.05, 4.69) is 6.08 Å². The van der Waals surface area contributed by atoms with Crippen LogP contribution in [0.3, 0.4) is 0 Å². The summed E-state index contributed by atoms with van der Waals surface area (Å²) in [5.74, 6) is -0.877. The molecule has 3 aliphatic rings. The number of carbonyl (C=O) groups excluding carboxylic acids is 2. The van der Waals surface area contributed by atoms with E-state index in [0.29, 0.717) is 13.0 Å². The lowest BCUT2D eigenvalue weighted by atomic mass is 9.41. The fourth-order valence-electron chi connectivity index (χ4n) is 4.92. The van der Waals surface area contributed by atoms with Crippen molar-refractivity contribution in [1.29, 1.82) is 0 Å². The van der Waals surface area contributed by atoms with E-state index < -0.39 is 16.9 Å². The Morgan fingerprint density at radius 3 is 2.68 bits per heavy atom. The first kappa shape index (κ1) is 16.1. The fraction of sp³-hybridized carbons (Fsp3) is 0.450. The summed E-state index contributed by atoms with van der Waals surface area (Å²) in [5.41, 5.74) is -1.41. The number of carbonyl (C=O) groups is 2. The van der Waals surface area contributed by atoms with Crippen molar-refractivity contribution >= 4 is 17.7 Å². The Kier molecular flexibility index (Phi) is 3.56. The lowest BCUT2D eigenvalue weighted by Crippen LogP contribution is -2.70. The maximum Gasteiger partial charge on any atom is 0.323 e. The molecule has 5 heteroatoms. The standard InChI is InChI=1S/C20H21NO4/c1-3-24-17-16(22)19(18(23)25-4-2)14-11-8-12-15(14)20(19,21-17)13-9-6-5-7-10-13/h5-10,12,14-15H,3-4,11H2,1-2H3/t14-,15+,19+,20+/m0/s1. The number of ketones is 1. The Bertz CT molecular complexity index is 784. The van der Waals surface area contributed by atoms with Gasteiger partial charge < -0.3 is 9.47 Å². The zero-order valence-electron chi connectivity index (χ0n) is 14.4. The van der Waals surface area contributed by atoms with Gasteiger partial charge in [-0.1, -0.05) is 42.5 Å². The number of hydrogen-bond acceptors (Lipinski definition) is 5. The highest BCUT2D eigenvalue weighted by atomic mass is 16.5. The number of nitrogens with zero attached hydrogens (tertiary/aromatic N) is 1. The van der Waals surface area contributed by atoms with E-state index in [1.54, 1.807) is 6.92 Å². The molecule has 5 nitrogen and oxygen atoms in total. The normalized spacial score (nSPS) is 34.8. The summed E-state index contributed by atoms with van der Waals surface area (Å²) in [6.45, 7) is 4.13. The van der Waals surface area contributed by atoms with Gasteiger partial charge in [0.1, 0.15) is 5.54 Å². The van der Waals surface area contributed by atoms with Gasteiger partial charge in [-0.25, -0.2) is 4.99 Å². The molecule has 4 rings (SSSR count). The van der Waals surface area contributed by atoms with Crippen molar-refractivity contribution < 1.29 is 19.1 Å². The van der Waals surface area contributed by atoms with E-state index in [1.165, 1.54) is 0 Å². The van der Waals surface area contributed by atoms with Crippen LogP contribution in [0.15, 0.2) is 47.5 Å². The predicted molar refractivity (Wildman–Crippen MR) is 92.0 cm³/mol. The van der Waals surface area contributed by atoms with Crippen LogP contribution in [0, 0.1) is 17.3 Å². The van der Waals surface area contributed by atoms with E-state index in [-0.39, 0.29) is 30.1 Å². The van der Waals surface area contributed by atoms with Gasteiger partial charge in [-0.2, -0.15) is 0 Å². The van der Waals surface area contributed by atoms with E-state index in [0.717, 1.165) is 5.56 Å². The summed E-state index contributed by atoms with van der Waals surface area (Å²) in [4.78, 5) is 31.2. The first-order valence-corrected chi connectivity index (χ1v) is 8.81. The molecule has 0 amide bonds. The van der Waals surface area contributed by atoms with Crippen LogP contribution in [0.2, 0.25) is 0 Å². The molecule has 4 atom stereocenters. The number of rotatable bonds is 4. The molecule has 25 heavy (non-hydrogen) atoms. The number of hydrogen-bond donors (Lipinski definition) is 0. The molecule has 0 radical (unpaired) electrons. The zero-order valence-corrected chi connectivity index (χ0v) is 14.4. The van der Waals surface area contributed by atoms with Crippen molar-refractivity contribution in [3.63, 3.8) is 0 Å². The van der Waals surface area contributed by atoms with Crippen LogP contribution in [0.25, 0.3) is 0 Å². The summed E-state index contributed by atoms with van der Waals surface area (Å²) in [6, 6.07) is 9.59. The van der Waals surface area contributed by atoms with Gasteiger partial charge in [-0.3, -0.25) is 9.59 Å². The predicted octanol–water partition coefficient (Wildman–Crippen LogP) is 2.66. The smallest absolute Gasteiger partial charge is 0.323 e. The van der Waals surface area contributed by atoms with Gasteiger partial charge in [0.2, 0.25) is 5.78 Å². The third kappa shape index (κ3) is 1.71. The molecule has 130 valence electrons. The van der Waals surface area contributed by atoms with E-state index in [9.17, 15) is 9.59 Å². The second-order valence-electron chi connectivity index (χ2n) is 6.64. The fourth-order valence-corrected chi connectivity index (χ4v) is 4.92. The van der Waals surface area contributed by atoms with Gasteiger partial charge in [-0.15, -0.1) is 0 Å². The quantitative estimate of drug-likeness (QED) is 0.481. The van der Waals surface area contributed by atoms with Crippen LogP contribution >= 0.6 is 0 Å². The van der Waals surface area contributed by atoms with Crippen molar-refractivity contribution in [2.45, 2.75) is 25.8 Å². The van der Waals surface area contributed by atoms with Gasteiger partial charge in [-0.05, 0) is 31.7 Å². The molecule has 1 fully saturated rings. The van der Waals surface area contributed by atoms with Crippen molar-refractivity contribution in [2.75, 3.05) is 13.2 Å². The number of ether oxygens (including phenoxy) is 2. The third-order valence-electron chi connectivity index (χ3n) is 5.73. The van der Waals surface area contributed by atoms with Crippen molar-refractivity contribution in [3.05, 3.63) is 48.0 Å². The average Bonchev–Trinajstić information content (AvgIpc) is 3.13. The molecule has 1 aliphatic heterocycles. The molecular formula is C20H21NO4. The number of allylic oxidation sites excluding steroid dienone is 1. The molecule has 0 unspecified atom stereocenters. The summed E-state index contributed by atoms with van der Waals surface area (Å²) < 4.78 is 10.9. The summed E-state index contributed by atoms with van der Waals surface area (Å²) in [5, 5.41) is 0. The van der Waals surface area contributed by atoms with Gasteiger partial charge >= 0.3 is 5.97 Å². The molecule has 1 saturated carbocycles. The Morgan fingerprint density at radius 1 is 1.24 bits per heavy atom. The van der Waals surface area contributed by atoms with E-state index in [4.69, 9.17) is 14.5 Å². The number of fused-ring (bicyclic) bond motifs is 4. The number of Topliss-reactive ketones (excluding diaryl/α,β-unsaturated/α-hetero) is 1. The van der Waals surface area contributed by atoms with Gasteiger partial charge in [0.25, 0.3) is 5.90 Å². The van der Waals surface area contributed by atoms with Crippen LogP contribution in [0.5, 0.6) is 0 Å². The Morgan fingerprint density at radius 2 is 2.00 bits per heavy atom. The maximum atomic E-state index is 13.3. The molecule has 1 aromatic carbocycles. The van der Waals surface area contributed by atoms with Crippen LogP contribution in [0.4, 0.5) is 0 Å².